The van der Waals surface area contributed by atoms with Crippen molar-refractivity contribution in [2.45, 2.75) is 26.3 Å². The molecule has 0 saturated heterocycles. The minimum atomic E-state index is -0.529. The van der Waals surface area contributed by atoms with Gasteiger partial charge in [0.1, 0.15) is 5.82 Å². The normalized spacial score (nSPS) is 11.8. The average molecular weight is 302 g/mol. The van der Waals surface area contributed by atoms with Crippen LogP contribution in [0.2, 0.25) is 0 Å². The van der Waals surface area contributed by atoms with Crippen molar-refractivity contribution in [1.29, 1.82) is 0 Å². The van der Waals surface area contributed by atoms with Crippen LogP contribution in [0.5, 0.6) is 5.88 Å². The molecule has 0 aliphatic heterocycles. The average Bonchev–Trinajstić information content (AvgIpc) is 2.54. The molecule has 1 atom stereocenters. The minimum Gasteiger partial charge on any atom is -0.476 e. The summed E-state index contributed by atoms with van der Waals surface area (Å²) in [4.78, 5) is 19.1. The molecule has 116 valence electrons. The number of hydrogen-bond acceptors (Lipinski definition) is 6. The Hall–Kier alpha value is -2.70. The van der Waals surface area contributed by atoms with Crippen molar-refractivity contribution in [1.82, 2.24) is 9.97 Å². The van der Waals surface area contributed by atoms with Crippen molar-refractivity contribution in [2.75, 3.05) is 12.4 Å². The molecule has 7 heteroatoms. The third-order valence-corrected chi connectivity index (χ3v) is 3.24. The molecule has 0 saturated carbocycles. The molecule has 1 aromatic carbocycles. The van der Waals surface area contributed by atoms with Crippen LogP contribution in [0.25, 0.3) is 0 Å². The van der Waals surface area contributed by atoms with Gasteiger partial charge in [0.2, 0.25) is 5.82 Å². The number of anilines is 1. The Morgan fingerprint density at radius 2 is 2.00 bits per heavy atom. The Morgan fingerprint density at radius 1 is 1.32 bits per heavy atom. The number of aryl methyl sites for hydroxylation is 1. The highest BCUT2D eigenvalue weighted by atomic mass is 16.6. The molecule has 2 aromatic rings. The van der Waals surface area contributed by atoms with Gasteiger partial charge in [0.15, 0.2) is 0 Å². The summed E-state index contributed by atoms with van der Waals surface area (Å²) in [5, 5.41) is 14.4. The smallest absolute Gasteiger partial charge is 0.372 e. The highest BCUT2D eigenvalue weighted by molar-refractivity contribution is 5.62. The van der Waals surface area contributed by atoms with Gasteiger partial charge in [0, 0.05) is 6.42 Å². The van der Waals surface area contributed by atoms with Crippen LogP contribution in [0.15, 0.2) is 30.3 Å². The lowest BCUT2D eigenvalue weighted by molar-refractivity contribution is -0.385. The number of rotatable bonds is 6. The maximum absolute atomic E-state index is 11.3. The van der Waals surface area contributed by atoms with E-state index in [2.05, 4.69) is 15.3 Å². The van der Waals surface area contributed by atoms with Crippen molar-refractivity contribution in [2.24, 2.45) is 0 Å². The number of nitro groups is 1. The topological polar surface area (TPSA) is 90.2 Å². The summed E-state index contributed by atoms with van der Waals surface area (Å²) in [5.41, 5.74) is 0.759. The molecule has 22 heavy (non-hydrogen) atoms. The molecule has 0 fully saturated rings. The molecule has 0 amide bonds. The first kappa shape index (κ1) is 15.7. The van der Waals surface area contributed by atoms with Gasteiger partial charge in [-0.15, -0.1) is 0 Å². The van der Waals surface area contributed by atoms with Crippen LogP contribution in [-0.4, -0.2) is 22.0 Å². The van der Waals surface area contributed by atoms with Crippen LogP contribution in [0.1, 0.15) is 31.3 Å². The minimum absolute atomic E-state index is 0.0281. The standard InChI is InChI=1S/C15H18N4O3/c1-4-12-17-14(13(19(20)21)15(18-12)22-3)16-10(2)11-8-6-5-7-9-11/h5-10H,4H2,1-3H3,(H,16,17,18). The van der Waals surface area contributed by atoms with Gasteiger partial charge in [0.05, 0.1) is 18.1 Å². The number of aromatic nitrogens is 2. The van der Waals surface area contributed by atoms with Gasteiger partial charge in [-0.1, -0.05) is 37.3 Å². The Kier molecular flexibility index (Phi) is 4.88. The second kappa shape index (κ2) is 6.84. The summed E-state index contributed by atoms with van der Waals surface area (Å²) < 4.78 is 5.04. The quantitative estimate of drug-likeness (QED) is 0.651. The molecule has 1 N–H and O–H groups in total. The number of methoxy groups -OCH3 is 1. The van der Waals surface area contributed by atoms with Gasteiger partial charge < -0.3 is 10.1 Å². The van der Waals surface area contributed by atoms with Crippen LogP contribution in [-0.2, 0) is 6.42 Å². The molecule has 0 aliphatic carbocycles. The van der Waals surface area contributed by atoms with E-state index in [0.29, 0.717) is 12.2 Å². The molecule has 1 heterocycles. The van der Waals surface area contributed by atoms with Gasteiger partial charge in [0.25, 0.3) is 5.88 Å². The highest BCUT2D eigenvalue weighted by Gasteiger charge is 2.26. The van der Waals surface area contributed by atoms with E-state index in [1.165, 1.54) is 7.11 Å². The van der Waals surface area contributed by atoms with Crippen LogP contribution in [0, 0.1) is 10.1 Å². The Morgan fingerprint density at radius 3 is 2.55 bits per heavy atom. The highest BCUT2D eigenvalue weighted by Crippen LogP contribution is 2.33. The van der Waals surface area contributed by atoms with E-state index in [-0.39, 0.29) is 23.4 Å². The van der Waals surface area contributed by atoms with Crippen LogP contribution in [0.4, 0.5) is 11.5 Å². The van der Waals surface area contributed by atoms with Crippen molar-refractivity contribution >= 4 is 11.5 Å². The lowest BCUT2D eigenvalue weighted by Crippen LogP contribution is -2.12. The Labute approximate surface area is 128 Å². The second-order valence-corrected chi connectivity index (χ2v) is 4.73. The largest absolute Gasteiger partial charge is 0.476 e. The van der Waals surface area contributed by atoms with Crippen molar-refractivity contribution in [3.63, 3.8) is 0 Å². The summed E-state index contributed by atoms with van der Waals surface area (Å²) >= 11 is 0. The first-order chi connectivity index (χ1) is 10.6. The Bertz CT molecular complexity index is 661. The van der Waals surface area contributed by atoms with Gasteiger partial charge >= 0.3 is 5.69 Å². The molecular formula is C15H18N4O3. The zero-order valence-electron chi connectivity index (χ0n) is 12.7. The fraction of sp³-hybridized carbons (Fsp3) is 0.333. The molecule has 1 aromatic heterocycles. The predicted molar refractivity (Wildman–Crippen MR) is 83.1 cm³/mol. The van der Waals surface area contributed by atoms with E-state index in [0.717, 1.165) is 5.56 Å². The first-order valence-corrected chi connectivity index (χ1v) is 6.97. The second-order valence-electron chi connectivity index (χ2n) is 4.73. The molecule has 0 radical (unpaired) electrons. The maximum Gasteiger partial charge on any atom is 0.372 e. The molecule has 7 nitrogen and oxygen atoms in total. The monoisotopic (exact) mass is 302 g/mol. The first-order valence-electron chi connectivity index (χ1n) is 6.97. The van der Waals surface area contributed by atoms with E-state index in [9.17, 15) is 10.1 Å². The number of nitrogens with zero attached hydrogens (tertiary/aromatic N) is 3. The van der Waals surface area contributed by atoms with Crippen LogP contribution >= 0.6 is 0 Å². The number of ether oxygens (including phenoxy) is 1. The lowest BCUT2D eigenvalue weighted by Gasteiger charge is -2.16. The van der Waals surface area contributed by atoms with E-state index in [1.807, 2.05) is 44.2 Å². The third-order valence-electron chi connectivity index (χ3n) is 3.24. The van der Waals surface area contributed by atoms with Crippen molar-refractivity contribution < 1.29 is 9.66 Å². The van der Waals surface area contributed by atoms with E-state index >= 15 is 0 Å². The number of nitrogens with one attached hydrogen (secondary N) is 1. The molecule has 0 spiro atoms. The van der Waals surface area contributed by atoms with Gasteiger partial charge in [-0.2, -0.15) is 4.98 Å². The van der Waals surface area contributed by atoms with E-state index in [4.69, 9.17) is 4.74 Å². The van der Waals surface area contributed by atoms with Crippen LogP contribution < -0.4 is 10.1 Å². The molecular weight excluding hydrogens is 284 g/mol. The molecule has 0 bridgehead atoms. The van der Waals surface area contributed by atoms with Crippen molar-refractivity contribution in [3.05, 3.63) is 51.8 Å². The Balaban J connectivity index is 2.42. The van der Waals surface area contributed by atoms with Gasteiger partial charge in [-0.05, 0) is 12.5 Å². The number of benzene rings is 1. The maximum atomic E-state index is 11.3. The number of hydrogen-bond donors (Lipinski definition) is 1. The molecule has 1 unspecified atom stereocenters. The summed E-state index contributed by atoms with van der Waals surface area (Å²) in [5.74, 6) is 0.634. The zero-order chi connectivity index (χ0) is 16.1. The van der Waals surface area contributed by atoms with Gasteiger partial charge in [-0.25, -0.2) is 4.98 Å². The zero-order valence-corrected chi connectivity index (χ0v) is 12.7. The summed E-state index contributed by atoms with van der Waals surface area (Å²) in [7, 11) is 1.36. The van der Waals surface area contributed by atoms with E-state index < -0.39 is 4.92 Å². The van der Waals surface area contributed by atoms with Crippen LogP contribution in [0.3, 0.4) is 0 Å². The third kappa shape index (κ3) is 3.30. The van der Waals surface area contributed by atoms with E-state index in [1.54, 1.807) is 0 Å². The summed E-state index contributed by atoms with van der Waals surface area (Å²) in [6, 6.07) is 9.51. The predicted octanol–water partition coefficient (Wildman–Crippen LogP) is 3.13. The summed E-state index contributed by atoms with van der Waals surface area (Å²) in [6.45, 7) is 3.80. The van der Waals surface area contributed by atoms with Crippen molar-refractivity contribution in [3.8, 4) is 5.88 Å². The fourth-order valence-corrected chi connectivity index (χ4v) is 2.07. The van der Waals surface area contributed by atoms with Gasteiger partial charge in [-0.3, -0.25) is 10.1 Å². The SMILES string of the molecule is CCc1nc(NC(C)c2ccccc2)c([N+](=O)[O-])c(OC)n1. The molecule has 2 rings (SSSR count). The summed E-state index contributed by atoms with van der Waals surface area (Å²) in [6.07, 6.45) is 0.558. The lowest BCUT2D eigenvalue weighted by atomic mass is 10.1. The molecule has 0 aliphatic rings. The fourth-order valence-electron chi connectivity index (χ4n) is 2.07.